The summed E-state index contributed by atoms with van der Waals surface area (Å²) in [5.41, 5.74) is 0.802. The zero-order valence-electron chi connectivity index (χ0n) is 15.0. The van der Waals surface area contributed by atoms with Crippen LogP contribution in [-0.2, 0) is 5.41 Å². The van der Waals surface area contributed by atoms with Crippen LogP contribution in [0.25, 0.3) is 0 Å². The molecule has 1 heterocycles. The van der Waals surface area contributed by atoms with Gasteiger partial charge in [-0.1, -0.05) is 20.8 Å². The largest absolute Gasteiger partial charge is 0.497 e. The predicted octanol–water partition coefficient (Wildman–Crippen LogP) is 3.95. The van der Waals surface area contributed by atoms with E-state index < -0.39 is 0 Å². The third-order valence-corrected chi connectivity index (χ3v) is 5.04. The summed E-state index contributed by atoms with van der Waals surface area (Å²) in [6.07, 6.45) is 1.64. The van der Waals surface area contributed by atoms with E-state index in [1.807, 2.05) is 25.1 Å². The molecule has 2 aromatic rings. The van der Waals surface area contributed by atoms with Crippen molar-refractivity contribution in [2.45, 2.75) is 39.2 Å². The van der Waals surface area contributed by atoms with Crippen molar-refractivity contribution in [3.8, 4) is 11.5 Å². The number of methoxy groups -OCH3 is 2. The van der Waals surface area contributed by atoms with Crippen molar-refractivity contribution < 1.29 is 14.3 Å². The van der Waals surface area contributed by atoms with Crippen LogP contribution in [0.1, 0.15) is 54.0 Å². The van der Waals surface area contributed by atoms with Gasteiger partial charge in [-0.2, -0.15) is 0 Å². The molecule has 1 unspecified atom stereocenters. The molecule has 0 aliphatic rings. The van der Waals surface area contributed by atoms with E-state index in [2.05, 4.69) is 31.1 Å². The van der Waals surface area contributed by atoms with Crippen LogP contribution in [-0.4, -0.2) is 25.1 Å². The summed E-state index contributed by atoms with van der Waals surface area (Å²) in [5.74, 6) is 1.29. The zero-order chi connectivity index (χ0) is 17.9. The van der Waals surface area contributed by atoms with Gasteiger partial charge < -0.3 is 14.8 Å². The molecule has 1 aromatic carbocycles. The first-order valence-corrected chi connectivity index (χ1v) is 8.57. The van der Waals surface area contributed by atoms with Gasteiger partial charge in [0, 0.05) is 11.0 Å². The lowest BCUT2D eigenvalue weighted by Gasteiger charge is -2.18. The molecule has 2 rings (SSSR count). The molecule has 0 saturated carbocycles. The summed E-state index contributed by atoms with van der Waals surface area (Å²) in [6.45, 7) is 8.16. The van der Waals surface area contributed by atoms with Gasteiger partial charge in [0.15, 0.2) is 0 Å². The Morgan fingerprint density at radius 1 is 1.25 bits per heavy atom. The van der Waals surface area contributed by atoms with Gasteiger partial charge in [0.1, 0.15) is 16.4 Å². The lowest BCUT2D eigenvalue weighted by atomic mass is 9.98. The summed E-state index contributed by atoms with van der Waals surface area (Å²) in [5, 5.41) is 3.94. The lowest BCUT2D eigenvalue weighted by Crippen LogP contribution is -2.26. The second-order valence-corrected chi connectivity index (χ2v) is 7.61. The van der Waals surface area contributed by atoms with Crippen LogP contribution in [0, 0.1) is 0 Å². The smallest absolute Gasteiger partial charge is 0.263 e. The molecular formula is C18H24N2O3S. The highest BCUT2D eigenvalue weighted by Gasteiger charge is 2.22. The molecule has 5 nitrogen and oxygen atoms in total. The number of benzene rings is 1. The minimum atomic E-state index is -0.220. The molecule has 0 saturated heterocycles. The van der Waals surface area contributed by atoms with Crippen molar-refractivity contribution in [3.05, 3.63) is 39.8 Å². The van der Waals surface area contributed by atoms with Crippen LogP contribution in [0.4, 0.5) is 0 Å². The number of nitrogens with one attached hydrogen (secondary N) is 1. The fourth-order valence-corrected chi connectivity index (χ4v) is 3.13. The standard InChI is InChI=1S/C18H24N2O3S/c1-11(13-9-12(22-5)7-8-14(13)23-6)20-16(21)15-10-19-17(24-15)18(2,3)4/h7-11H,1-6H3,(H,20,21). The maximum Gasteiger partial charge on any atom is 0.263 e. The third kappa shape index (κ3) is 4.06. The molecule has 1 amide bonds. The van der Waals surface area contributed by atoms with E-state index in [9.17, 15) is 4.79 Å². The van der Waals surface area contributed by atoms with E-state index >= 15 is 0 Å². The van der Waals surface area contributed by atoms with Gasteiger partial charge in [-0.15, -0.1) is 11.3 Å². The summed E-state index contributed by atoms with van der Waals surface area (Å²) in [6, 6.07) is 5.32. The second kappa shape index (κ2) is 7.21. The molecular weight excluding hydrogens is 324 g/mol. The van der Waals surface area contributed by atoms with Crippen molar-refractivity contribution in [3.63, 3.8) is 0 Å². The van der Waals surface area contributed by atoms with Gasteiger partial charge in [-0.25, -0.2) is 4.98 Å². The molecule has 24 heavy (non-hydrogen) atoms. The molecule has 0 aliphatic carbocycles. The molecule has 130 valence electrons. The van der Waals surface area contributed by atoms with Crippen LogP contribution in [0.15, 0.2) is 24.4 Å². The molecule has 0 bridgehead atoms. The van der Waals surface area contributed by atoms with Crippen molar-refractivity contribution in [2.75, 3.05) is 14.2 Å². The molecule has 1 N–H and O–H groups in total. The number of hydrogen-bond acceptors (Lipinski definition) is 5. The van der Waals surface area contributed by atoms with Crippen LogP contribution in [0.3, 0.4) is 0 Å². The number of hydrogen-bond donors (Lipinski definition) is 1. The van der Waals surface area contributed by atoms with E-state index in [1.54, 1.807) is 20.4 Å². The van der Waals surface area contributed by atoms with Crippen molar-refractivity contribution in [1.82, 2.24) is 10.3 Å². The average Bonchev–Trinajstić information content (AvgIpc) is 3.04. The highest BCUT2D eigenvalue weighted by Crippen LogP contribution is 2.30. The summed E-state index contributed by atoms with van der Waals surface area (Å²) >= 11 is 1.42. The van der Waals surface area contributed by atoms with Crippen LogP contribution < -0.4 is 14.8 Å². The molecule has 0 spiro atoms. The van der Waals surface area contributed by atoms with Gasteiger partial charge >= 0.3 is 0 Å². The average molecular weight is 348 g/mol. The summed E-state index contributed by atoms with van der Waals surface area (Å²) in [4.78, 5) is 17.5. The van der Waals surface area contributed by atoms with Gasteiger partial charge in [-0.05, 0) is 25.1 Å². The van der Waals surface area contributed by atoms with Crippen molar-refractivity contribution in [2.24, 2.45) is 0 Å². The molecule has 0 radical (unpaired) electrons. The molecule has 6 heteroatoms. The Bertz CT molecular complexity index is 719. The minimum Gasteiger partial charge on any atom is -0.497 e. The molecule has 0 aliphatic heterocycles. The molecule has 1 atom stereocenters. The Morgan fingerprint density at radius 3 is 2.50 bits per heavy atom. The number of carbonyl (C=O) groups is 1. The highest BCUT2D eigenvalue weighted by molar-refractivity contribution is 7.13. The topological polar surface area (TPSA) is 60.5 Å². The fraction of sp³-hybridized carbons (Fsp3) is 0.444. The first kappa shape index (κ1) is 18.3. The monoisotopic (exact) mass is 348 g/mol. The maximum absolute atomic E-state index is 12.5. The maximum atomic E-state index is 12.5. The number of carbonyl (C=O) groups excluding carboxylic acids is 1. The first-order valence-electron chi connectivity index (χ1n) is 7.75. The number of amides is 1. The Morgan fingerprint density at radius 2 is 1.96 bits per heavy atom. The molecule has 1 aromatic heterocycles. The van der Waals surface area contributed by atoms with E-state index in [0.29, 0.717) is 10.6 Å². The number of nitrogens with zero attached hydrogens (tertiary/aromatic N) is 1. The van der Waals surface area contributed by atoms with E-state index in [4.69, 9.17) is 9.47 Å². The second-order valence-electron chi connectivity index (χ2n) is 6.58. The first-order chi connectivity index (χ1) is 11.3. The highest BCUT2D eigenvalue weighted by atomic mass is 32.1. The van der Waals surface area contributed by atoms with Crippen LogP contribution in [0.5, 0.6) is 11.5 Å². The SMILES string of the molecule is COc1ccc(OC)c(C(C)NC(=O)c2cnc(C(C)(C)C)s2)c1. The van der Waals surface area contributed by atoms with Crippen molar-refractivity contribution >= 4 is 17.2 Å². The third-order valence-electron chi connectivity index (χ3n) is 3.62. The predicted molar refractivity (Wildman–Crippen MR) is 96.2 cm³/mol. The fourth-order valence-electron chi connectivity index (χ4n) is 2.25. The van der Waals surface area contributed by atoms with Crippen molar-refractivity contribution in [1.29, 1.82) is 0 Å². The van der Waals surface area contributed by atoms with E-state index in [0.717, 1.165) is 16.3 Å². The lowest BCUT2D eigenvalue weighted by molar-refractivity contribution is 0.0943. The van der Waals surface area contributed by atoms with Gasteiger partial charge in [0.2, 0.25) is 0 Å². The Kier molecular flexibility index (Phi) is 5.49. The number of ether oxygens (including phenoxy) is 2. The normalized spacial score (nSPS) is 12.6. The van der Waals surface area contributed by atoms with Crippen LogP contribution in [0.2, 0.25) is 0 Å². The van der Waals surface area contributed by atoms with E-state index in [-0.39, 0.29) is 17.4 Å². The minimum absolute atomic E-state index is 0.0647. The zero-order valence-corrected chi connectivity index (χ0v) is 15.8. The Hall–Kier alpha value is -2.08. The van der Waals surface area contributed by atoms with Gasteiger partial charge in [-0.3, -0.25) is 4.79 Å². The Labute approximate surface area is 147 Å². The van der Waals surface area contributed by atoms with Crippen LogP contribution >= 0.6 is 11.3 Å². The summed E-state index contributed by atoms with van der Waals surface area (Å²) < 4.78 is 10.6. The number of thiazole rings is 1. The summed E-state index contributed by atoms with van der Waals surface area (Å²) in [7, 11) is 3.22. The Balaban J connectivity index is 2.18. The number of rotatable bonds is 5. The number of aromatic nitrogens is 1. The molecule has 0 fully saturated rings. The van der Waals surface area contributed by atoms with Gasteiger partial charge in [0.05, 0.1) is 31.5 Å². The van der Waals surface area contributed by atoms with E-state index in [1.165, 1.54) is 11.3 Å². The van der Waals surface area contributed by atoms with Gasteiger partial charge in [0.25, 0.3) is 5.91 Å². The quantitative estimate of drug-likeness (QED) is 0.889.